The van der Waals surface area contributed by atoms with Crippen molar-refractivity contribution in [2.45, 2.75) is 31.4 Å². The first-order valence-electron chi connectivity index (χ1n) is 9.30. The number of aliphatic hydroxyl groups excluding tert-OH is 1. The molecule has 1 N–H and O–H groups in total. The molecule has 0 spiro atoms. The average Bonchev–Trinajstić information content (AvgIpc) is 3.06. The van der Waals surface area contributed by atoms with Crippen molar-refractivity contribution in [1.82, 2.24) is 9.55 Å². The molecular weight excluding hydrogens is 364 g/mol. The van der Waals surface area contributed by atoms with Gasteiger partial charge >= 0.3 is 0 Å². The number of benzene rings is 2. The first-order chi connectivity index (χ1) is 13.2. The van der Waals surface area contributed by atoms with E-state index in [1.165, 1.54) is 0 Å². The highest BCUT2D eigenvalue weighted by Gasteiger charge is 2.24. The maximum absolute atomic E-state index is 10.6. The largest absolute Gasteiger partial charge is 0.489 e. The van der Waals surface area contributed by atoms with Gasteiger partial charge in [-0.3, -0.25) is 0 Å². The minimum Gasteiger partial charge on any atom is -0.489 e. The standard InChI is InChI=1S/C21H23ClN2O3/c22-17-5-1-4-8-20(17)27-14-16(25)13-24-19-7-3-2-6-18(19)23-21(24)15-9-11-26-12-10-15/h1-8,15-16,25H,9-14H2. The summed E-state index contributed by atoms with van der Waals surface area (Å²) in [4.78, 5) is 4.86. The van der Waals surface area contributed by atoms with Gasteiger partial charge in [-0.1, -0.05) is 35.9 Å². The summed E-state index contributed by atoms with van der Waals surface area (Å²) < 4.78 is 13.3. The van der Waals surface area contributed by atoms with Crippen molar-refractivity contribution in [1.29, 1.82) is 0 Å². The number of hydrogen-bond donors (Lipinski definition) is 1. The van der Waals surface area contributed by atoms with E-state index >= 15 is 0 Å². The summed E-state index contributed by atoms with van der Waals surface area (Å²) in [6.45, 7) is 2.11. The second kappa shape index (κ2) is 8.30. The van der Waals surface area contributed by atoms with E-state index in [1.807, 2.05) is 36.4 Å². The predicted octanol–water partition coefficient (Wildman–Crippen LogP) is 4.02. The van der Waals surface area contributed by atoms with Crippen molar-refractivity contribution in [2.24, 2.45) is 0 Å². The van der Waals surface area contributed by atoms with Crippen LogP contribution in [0.15, 0.2) is 48.5 Å². The van der Waals surface area contributed by atoms with Crippen LogP contribution in [-0.2, 0) is 11.3 Å². The molecule has 0 aliphatic carbocycles. The van der Waals surface area contributed by atoms with Crippen LogP contribution in [0.2, 0.25) is 5.02 Å². The van der Waals surface area contributed by atoms with Crippen LogP contribution >= 0.6 is 11.6 Å². The van der Waals surface area contributed by atoms with E-state index in [9.17, 15) is 5.11 Å². The van der Waals surface area contributed by atoms with Gasteiger partial charge in [-0.2, -0.15) is 0 Å². The van der Waals surface area contributed by atoms with Gasteiger partial charge in [0.25, 0.3) is 0 Å². The Kier molecular flexibility index (Phi) is 5.62. The molecule has 5 nitrogen and oxygen atoms in total. The third kappa shape index (κ3) is 4.10. The predicted molar refractivity (Wildman–Crippen MR) is 105 cm³/mol. The number of halogens is 1. The van der Waals surface area contributed by atoms with Crippen molar-refractivity contribution in [3.8, 4) is 5.75 Å². The topological polar surface area (TPSA) is 56.5 Å². The Hall–Kier alpha value is -2.08. The molecule has 27 heavy (non-hydrogen) atoms. The number of ether oxygens (including phenoxy) is 2. The minimum absolute atomic E-state index is 0.170. The fraction of sp³-hybridized carbons (Fsp3) is 0.381. The van der Waals surface area contributed by atoms with E-state index in [-0.39, 0.29) is 6.61 Å². The second-order valence-electron chi connectivity index (χ2n) is 6.85. The smallest absolute Gasteiger partial charge is 0.138 e. The molecule has 0 amide bonds. The van der Waals surface area contributed by atoms with Gasteiger partial charge in [0.15, 0.2) is 0 Å². The number of para-hydroxylation sites is 3. The van der Waals surface area contributed by atoms with Crippen molar-refractivity contribution in [3.63, 3.8) is 0 Å². The molecule has 2 heterocycles. The fourth-order valence-electron chi connectivity index (χ4n) is 3.56. The molecule has 0 saturated carbocycles. The Morgan fingerprint density at radius 1 is 1.15 bits per heavy atom. The van der Waals surface area contributed by atoms with Crippen molar-refractivity contribution in [2.75, 3.05) is 19.8 Å². The van der Waals surface area contributed by atoms with Crippen LogP contribution < -0.4 is 4.74 Å². The van der Waals surface area contributed by atoms with Gasteiger partial charge in [0, 0.05) is 19.1 Å². The van der Waals surface area contributed by atoms with E-state index in [0.717, 1.165) is 42.9 Å². The van der Waals surface area contributed by atoms with Crippen molar-refractivity contribution in [3.05, 3.63) is 59.4 Å². The highest BCUT2D eigenvalue weighted by molar-refractivity contribution is 6.32. The second-order valence-corrected chi connectivity index (χ2v) is 7.26. The summed E-state index contributed by atoms with van der Waals surface area (Å²) >= 11 is 6.12. The number of aliphatic hydroxyl groups is 1. The molecule has 1 fully saturated rings. The van der Waals surface area contributed by atoms with Gasteiger partial charge in [-0.15, -0.1) is 0 Å². The Morgan fingerprint density at radius 2 is 1.89 bits per heavy atom. The molecule has 3 aromatic rings. The maximum Gasteiger partial charge on any atom is 0.138 e. The normalized spacial score (nSPS) is 16.5. The highest BCUT2D eigenvalue weighted by Crippen LogP contribution is 2.30. The molecule has 1 unspecified atom stereocenters. The molecule has 1 aromatic heterocycles. The number of hydrogen-bond acceptors (Lipinski definition) is 4. The number of fused-ring (bicyclic) bond motifs is 1. The first kappa shape index (κ1) is 18.3. The molecule has 0 radical (unpaired) electrons. The van der Waals surface area contributed by atoms with Crippen LogP contribution in [0.25, 0.3) is 11.0 Å². The van der Waals surface area contributed by atoms with Crippen LogP contribution in [0.5, 0.6) is 5.75 Å². The molecule has 142 valence electrons. The molecule has 1 saturated heterocycles. The summed E-state index contributed by atoms with van der Waals surface area (Å²) in [5, 5.41) is 11.2. The Balaban J connectivity index is 1.54. The average molecular weight is 387 g/mol. The molecule has 1 atom stereocenters. The summed E-state index contributed by atoms with van der Waals surface area (Å²) in [6, 6.07) is 15.3. The summed E-state index contributed by atoms with van der Waals surface area (Å²) in [5.74, 6) is 1.96. The molecule has 0 bridgehead atoms. The van der Waals surface area contributed by atoms with Crippen LogP contribution in [-0.4, -0.2) is 40.6 Å². The highest BCUT2D eigenvalue weighted by atomic mass is 35.5. The van der Waals surface area contributed by atoms with Crippen molar-refractivity contribution < 1.29 is 14.6 Å². The van der Waals surface area contributed by atoms with Gasteiger partial charge in [-0.25, -0.2) is 4.98 Å². The molecule has 6 heteroatoms. The van der Waals surface area contributed by atoms with Crippen LogP contribution in [0.4, 0.5) is 0 Å². The third-order valence-electron chi connectivity index (χ3n) is 4.93. The van der Waals surface area contributed by atoms with Gasteiger partial charge in [0.1, 0.15) is 24.3 Å². The SMILES string of the molecule is OC(COc1ccccc1Cl)Cn1c(C2CCOCC2)nc2ccccc21. The zero-order valence-corrected chi connectivity index (χ0v) is 15.8. The number of aromatic nitrogens is 2. The molecular formula is C21H23ClN2O3. The zero-order valence-electron chi connectivity index (χ0n) is 15.1. The maximum atomic E-state index is 10.6. The molecule has 1 aliphatic heterocycles. The lowest BCUT2D eigenvalue weighted by Gasteiger charge is -2.23. The van der Waals surface area contributed by atoms with Gasteiger partial charge in [0.2, 0.25) is 0 Å². The minimum atomic E-state index is -0.669. The van der Waals surface area contributed by atoms with E-state index < -0.39 is 6.10 Å². The van der Waals surface area contributed by atoms with Crippen LogP contribution in [0.3, 0.4) is 0 Å². The van der Waals surface area contributed by atoms with Gasteiger partial charge < -0.3 is 19.1 Å². The quantitative estimate of drug-likeness (QED) is 0.695. The summed E-state index contributed by atoms with van der Waals surface area (Å²) in [5.41, 5.74) is 1.99. The number of nitrogens with zero attached hydrogens (tertiary/aromatic N) is 2. The lowest BCUT2D eigenvalue weighted by molar-refractivity contribution is 0.0780. The lowest BCUT2D eigenvalue weighted by atomic mass is 9.99. The van der Waals surface area contributed by atoms with E-state index in [0.29, 0.717) is 23.2 Å². The van der Waals surface area contributed by atoms with E-state index in [4.69, 9.17) is 26.1 Å². The molecule has 4 rings (SSSR count). The summed E-state index contributed by atoms with van der Waals surface area (Å²) in [6.07, 6.45) is 1.24. The van der Waals surface area contributed by atoms with Gasteiger partial charge in [-0.05, 0) is 37.1 Å². The Bertz CT molecular complexity index is 905. The van der Waals surface area contributed by atoms with Crippen molar-refractivity contribution >= 4 is 22.6 Å². The van der Waals surface area contributed by atoms with Gasteiger partial charge in [0.05, 0.1) is 22.6 Å². The zero-order chi connectivity index (χ0) is 18.6. The third-order valence-corrected chi connectivity index (χ3v) is 5.24. The number of rotatable bonds is 6. The summed E-state index contributed by atoms with van der Waals surface area (Å²) in [7, 11) is 0. The first-order valence-corrected chi connectivity index (χ1v) is 9.68. The molecule has 2 aromatic carbocycles. The van der Waals surface area contributed by atoms with Crippen LogP contribution in [0, 0.1) is 0 Å². The fourth-order valence-corrected chi connectivity index (χ4v) is 3.75. The molecule has 1 aliphatic rings. The monoisotopic (exact) mass is 386 g/mol. The van der Waals surface area contributed by atoms with Crippen LogP contribution in [0.1, 0.15) is 24.6 Å². The lowest BCUT2D eigenvalue weighted by Crippen LogP contribution is -2.26. The van der Waals surface area contributed by atoms with E-state index in [1.54, 1.807) is 12.1 Å². The Morgan fingerprint density at radius 3 is 2.70 bits per heavy atom. The number of imidazole rings is 1. The van der Waals surface area contributed by atoms with E-state index in [2.05, 4.69) is 4.57 Å². The Labute approximate surface area is 163 Å².